The van der Waals surface area contributed by atoms with E-state index in [0.29, 0.717) is 21.8 Å². The molecule has 0 bridgehead atoms. The van der Waals surface area contributed by atoms with Crippen LogP contribution in [0.15, 0.2) is 72.2 Å². The molecule has 0 fully saturated rings. The zero-order chi connectivity index (χ0) is 48.6. The minimum atomic E-state index is -1.37. The quantitative estimate of drug-likeness (QED) is 0.0184. The molecule has 356 valence electrons. The van der Waals surface area contributed by atoms with E-state index in [2.05, 4.69) is 77.1 Å². The fraction of sp³-hybridized carbons (Fsp3) is 0.419. The van der Waals surface area contributed by atoms with Gasteiger partial charge >= 0.3 is 0 Å². The van der Waals surface area contributed by atoms with Gasteiger partial charge in [-0.05, 0) is 68.2 Å². The van der Waals surface area contributed by atoms with E-state index in [1.165, 1.54) is 19.4 Å². The van der Waals surface area contributed by atoms with Crippen molar-refractivity contribution in [1.29, 1.82) is 0 Å². The van der Waals surface area contributed by atoms with E-state index < -0.39 is 82.3 Å². The number of fused-ring (bicyclic) bond motifs is 1. The fourth-order valence-electron chi connectivity index (χ4n) is 6.96. The number of aromatic nitrogens is 3. The molecule has 0 aliphatic carbocycles. The maximum atomic E-state index is 14.5. The van der Waals surface area contributed by atoms with E-state index in [1.807, 2.05) is 24.3 Å². The van der Waals surface area contributed by atoms with Crippen molar-refractivity contribution in [2.75, 3.05) is 12.3 Å². The van der Waals surface area contributed by atoms with Gasteiger partial charge in [-0.25, -0.2) is 4.98 Å². The number of nitrogens with zero attached hydrogens (tertiary/aromatic N) is 2. The molecule has 4 aromatic rings. The molecule has 0 aliphatic rings. The van der Waals surface area contributed by atoms with Crippen molar-refractivity contribution in [2.24, 2.45) is 22.2 Å². The standard InChI is InChI=1S/C43H58ClN13O7S2/c1-23(58)52-31(14-16-65)38(61)56-34(19-27-21-48-22-51-27)40(63)54-32(17-24-10-12-26(44)13-11-24)39(62)53-30(9-6-15-49-42(46)47)37(60)55-33(41(64)57-35(36(45)59)43(2,3)66)18-25-20-50-29-8-5-4-7-28(25)29/h4-5,7-8,10-13,20-22,30-35,50,65-66H,6,9,14-19H2,1-3H3,(H2,45,59)(H,48,51)(H,52,58)(H,53,62)(H,54,63)(H,55,60)(H,56,61)(H,57,64)(H4,46,47,49)/t30-,31-,32+,33-,34-,35+/m0/s1. The van der Waals surface area contributed by atoms with Gasteiger partial charge in [0.15, 0.2) is 5.96 Å². The maximum absolute atomic E-state index is 14.5. The second kappa shape index (κ2) is 24.9. The van der Waals surface area contributed by atoms with Gasteiger partial charge in [-0.3, -0.25) is 38.6 Å². The molecular weight excluding hydrogens is 910 g/mol. The molecule has 23 heteroatoms. The van der Waals surface area contributed by atoms with Gasteiger partial charge in [0.1, 0.15) is 36.3 Å². The van der Waals surface area contributed by atoms with Gasteiger partial charge in [0, 0.05) is 71.5 Å². The summed E-state index contributed by atoms with van der Waals surface area (Å²) in [6.07, 6.45) is 4.62. The zero-order valence-electron chi connectivity index (χ0n) is 36.7. The summed E-state index contributed by atoms with van der Waals surface area (Å²) in [4.78, 5) is 109. The Morgan fingerprint density at radius 1 is 0.742 bits per heavy atom. The first kappa shape index (κ1) is 52.4. The molecule has 7 amide bonds. The van der Waals surface area contributed by atoms with Crippen LogP contribution in [-0.4, -0.2) is 116 Å². The number of imidazole rings is 1. The third-order valence-electron chi connectivity index (χ3n) is 10.3. The summed E-state index contributed by atoms with van der Waals surface area (Å²) < 4.78 is -1.10. The number of halogens is 1. The lowest BCUT2D eigenvalue weighted by Crippen LogP contribution is -2.61. The highest BCUT2D eigenvalue weighted by atomic mass is 35.5. The number of carbonyl (C=O) groups excluding carboxylic acids is 7. The van der Waals surface area contributed by atoms with Gasteiger partial charge in [-0.15, -0.1) is 0 Å². The van der Waals surface area contributed by atoms with Gasteiger partial charge in [-0.2, -0.15) is 25.3 Å². The van der Waals surface area contributed by atoms with Crippen LogP contribution in [0.25, 0.3) is 10.9 Å². The normalized spacial score (nSPS) is 14.0. The summed E-state index contributed by atoms with van der Waals surface area (Å²) in [5.74, 6) is -5.05. The topological polar surface area (TPSA) is 327 Å². The second-order valence-corrected chi connectivity index (χ2v) is 18.2. The van der Waals surface area contributed by atoms with Crippen molar-refractivity contribution >= 4 is 95.1 Å². The largest absolute Gasteiger partial charge is 0.370 e. The molecule has 0 saturated heterocycles. The molecule has 0 saturated carbocycles. The first-order chi connectivity index (χ1) is 31.2. The third-order valence-corrected chi connectivity index (χ3v) is 11.1. The number of thiol groups is 2. The number of guanidine groups is 1. The monoisotopic (exact) mass is 967 g/mol. The minimum absolute atomic E-state index is 0.0425. The summed E-state index contributed by atoms with van der Waals surface area (Å²) >= 11 is 14.8. The van der Waals surface area contributed by atoms with Gasteiger partial charge < -0.3 is 59.1 Å². The summed E-state index contributed by atoms with van der Waals surface area (Å²) in [6.45, 7) is 4.52. The first-order valence-electron chi connectivity index (χ1n) is 21.0. The van der Waals surface area contributed by atoms with E-state index in [1.54, 1.807) is 44.3 Å². The lowest BCUT2D eigenvalue weighted by Gasteiger charge is -2.30. The number of hydrogen-bond acceptors (Lipinski definition) is 11. The average Bonchev–Trinajstić information content (AvgIpc) is 3.92. The molecular formula is C43H58ClN13O7S2. The number of primary amides is 1. The Balaban J connectivity index is 1.69. The van der Waals surface area contributed by atoms with Crippen LogP contribution in [0.3, 0.4) is 0 Å². The molecule has 14 N–H and O–H groups in total. The molecule has 2 heterocycles. The van der Waals surface area contributed by atoms with Gasteiger partial charge in [0.25, 0.3) is 0 Å². The molecule has 2 aromatic heterocycles. The number of H-pyrrole nitrogens is 2. The van der Waals surface area contributed by atoms with Crippen LogP contribution in [0, 0.1) is 0 Å². The Labute approximate surface area is 397 Å². The zero-order valence-corrected chi connectivity index (χ0v) is 39.3. The van der Waals surface area contributed by atoms with E-state index in [-0.39, 0.29) is 56.8 Å². The Morgan fingerprint density at radius 3 is 1.86 bits per heavy atom. The molecule has 0 spiro atoms. The van der Waals surface area contributed by atoms with Crippen molar-refractivity contribution in [3.8, 4) is 0 Å². The number of aliphatic imine (C=N–C) groups is 1. The molecule has 0 radical (unpaired) electrons. The average molecular weight is 969 g/mol. The number of hydrogen-bond donors (Lipinski definition) is 13. The molecule has 2 aromatic carbocycles. The predicted octanol–water partition coefficient (Wildman–Crippen LogP) is 0.0682. The van der Waals surface area contributed by atoms with E-state index in [9.17, 15) is 33.6 Å². The fourth-order valence-corrected chi connectivity index (χ4v) is 7.54. The van der Waals surface area contributed by atoms with E-state index >= 15 is 0 Å². The molecule has 20 nitrogen and oxygen atoms in total. The minimum Gasteiger partial charge on any atom is -0.370 e. The van der Waals surface area contributed by atoms with Crippen molar-refractivity contribution < 1.29 is 33.6 Å². The van der Waals surface area contributed by atoms with Gasteiger partial charge in [-0.1, -0.05) is 41.9 Å². The lowest BCUT2D eigenvalue weighted by atomic mass is 9.99. The lowest BCUT2D eigenvalue weighted by molar-refractivity contribution is -0.135. The number of para-hydroxylation sites is 1. The summed E-state index contributed by atoms with van der Waals surface area (Å²) in [6, 6.07) is 6.31. The molecule has 6 atom stereocenters. The van der Waals surface area contributed by atoms with Crippen LogP contribution in [0.1, 0.15) is 56.9 Å². The molecule has 4 rings (SSSR count). The van der Waals surface area contributed by atoms with Crippen LogP contribution >= 0.6 is 36.9 Å². The first-order valence-corrected chi connectivity index (χ1v) is 22.4. The van der Waals surface area contributed by atoms with Crippen molar-refractivity contribution in [3.05, 3.63) is 89.1 Å². The van der Waals surface area contributed by atoms with Crippen molar-refractivity contribution in [1.82, 2.24) is 46.9 Å². The number of carbonyl (C=O) groups is 7. The van der Waals surface area contributed by atoms with Crippen LogP contribution in [0.4, 0.5) is 0 Å². The highest BCUT2D eigenvalue weighted by Crippen LogP contribution is 2.21. The van der Waals surface area contributed by atoms with E-state index in [4.69, 9.17) is 28.8 Å². The number of nitrogens with two attached hydrogens (primary N) is 3. The number of benzene rings is 2. The molecule has 0 aliphatic heterocycles. The number of aromatic amines is 2. The highest BCUT2D eigenvalue weighted by Gasteiger charge is 2.37. The summed E-state index contributed by atoms with van der Waals surface area (Å²) in [7, 11) is 0. The van der Waals surface area contributed by atoms with Crippen molar-refractivity contribution in [3.63, 3.8) is 0 Å². The maximum Gasteiger partial charge on any atom is 0.243 e. The Hall–Kier alpha value is -6.26. The number of nitrogens with one attached hydrogen (secondary N) is 8. The smallest absolute Gasteiger partial charge is 0.243 e. The number of amides is 7. The summed E-state index contributed by atoms with van der Waals surface area (Å²) in [5, 5.41) is 17.4. The van der Waals surface area contributed by atoms with Crippen LogP contribution in [0.2, 0.25) is 5.02 Å². The Morgan fingerprint density at radius 2 is 1.30 bits per heavy atom. The third kappa shape index (κ3) is 16.3. The van der Waals surface area contributed by atoms with Crippen molar-refractivity contribution in [2.45, 2.75) is 100 Å². The van der Waals surface area contributed by atoms with Gasteiger partial charge in [0.05, 0.1) is 6.33 Å². The second-order valence-electron chi connectivity index (χ2n) is 16.1. The van der Waals surface area contributed by atoms with E-state index in [0.717, 1.165) is 10.9 Å². The number of rotatable bonds is 25. The predicted molar refractivity (Wildman–Crippen MR) is 257 cm³/mol. The summed E-state index contributed by atoms with van der Waals surface area (Å²) in [5.41, 5.74) is 19.3. The Bertz CT molecular complexity index is 2330. The Kier molecular flexibility index (Phi) is 19.7. The SMILES string of the molecule is CC(=O)N[C@@H](CCS)C(=O)N[C@@H](Cc1cnc[nH]1)C(=O)N[C@H](Cc1ccc(Cl)cc1)C(=O)N[C@@H](CCCN=C(N)N)C(=O)N[C@@H](Cc1c[nH]c2ccccc12)C(=O)N[C@H](C(N)=O)C(C)(C)S. The van der Waals surface area contributed by atoms with Crippen LogP contribution < -0.4 is 49.1 Å². The van der Waals surface area contributed by atoms with Crippen LogP contribution in [0.5, 0.6) is 0 Å². The van der Waals surface area contributed by atoms with Crippen LogP contribution in [-0.2, 0) is 52.8 Å². The molecule has 0 unspecified atom stereocenters. The molecule has 66 heavy (non-hydrogen) atoms. The highest BCUT2D eigenvalue weighted by molar-refractivity contribution is 7.81. The van der Waals surface area contributed by atoms with Gasteiger partial charge in [0.2, 0.25) is 41.4 Å².